The topological polar surface area (TPSA) is 66.4 Å². The van der Waals surface area contributed by atoms with Gasteiger partial charge in [0, 0.05) is 32.2 Å². The van der Waals surface area contributed by atoms with Gasteiger partial charge in [-0.25, -0.2) is 18.4 Å². The zero-order valence-electron chi connectivity index (χ0n) is 14.7. The quantitative estimate of drug-likeness (QED) is 0.786. The van der Waals surface area contributed by atoms with E-state index in [-0.39, 0.29) is 17.5 Å². The predicted octanol–water partition coefficient (Wildman–Crippen LogP) is 2.13. The Morgan fingerprint density at radius 1 is 1.16 bits per heavy atom. The first-order valence-corrected chi connectivity index (χ1v) is 10.3. The molecule has 0 bridgehead atoms. The molecule has 0 N–H and O–H groups in total. The van der Waals surface area contributed by atoms with Crippen LogP contribution in [0.25, 0.3) is 0 Å². The number of sulfone groups is 1. The van der Waals surface area contributed by atoms with Crippen LogP contribution in [0.3, 0.4) is 0 Å². The number of aromatic nitrogens is 2. The van der Waals surface area contributed by atoms with Gasteiger partial charge in [-0.3, -0.25) is 0 Å². The second-order valence-corrected chi connectivity index (χ2v) is 8.65. The maximum absolute atomic E-state index is 11.8. The average Bonchev–Trinajstić information content (AvgIpc) is 2.96. The molecule has 1 aromatic heterocycles. The standard InChI is InChI=1S/C18H24N4O2S/c1-3-22(16-9-10-25(23,24)13-16)18-11-17(19-14-20-18)21(2)12-15-7-5-4-6-8-15/h4-8,11,14,16H,3,9-10,12-13H2,1-2H3. The normalized spacial score (nSPS) is 18.9. The summed E-state index contributed by atoms with van der Waals surface area (Å²) in [7, 11) is -0.926. The van der Waals surface area contributed by atoms with Crippen LogP contribution in [-0.2, 0) is 16.4 Å². The van der Waals surface area contributed by atoms with Gasteiger partial charge in [-0.1, -0.05) is 30.3 Å². The van der Waals surface area contributed by atoms with Gasteiger partial charge in [-0.15, -0.1) is 0 Å². The Kier molecular flexibility index (Phi) is 5.22. The van der Waals surface area contributed by atoms with Crippen molar-refractivity contribution in [2.75, 3.05) is 34.9 Å². The predicted molar refractivity (Wildman–Crippen MR) is 101 cm³/mol. The van der Waals surface area contributed by atoms with Crippen molar-refractivity contribution in [1.29, 1.82) is 0 Å². The molecule has 1 aliphatic heterocycles. The molecule has 2 heterocycles. The number of hydrogen-bond donors (Lipinski definition) is 0. The van der Waals surface area contributed by atoms with Crippen molar-refractivity contribution in [2.45, 2.75) is 25.9 Å². The van der Waals surface area contributed by atoms with E-state index in [1.165, 1.54) is 5.56 Å². The third-order valence-electron chi connectivity index (χ3n) is 4.58. The van der Waals surface area contributed by atoms with Gasteiger partial charge >= 0.3 is 0 Å². The van der Waals surface area contributed by atoms with Gasteiger partial charge in [0.1, 0.15) is 18.0 Å². The number of benzene rings is 1. The fraction of sp³-hybridized carbons (Fsp3) is 0.444. The molecule has 0 aliphatic carbocycles. The highest BCUT2D eigenvalue weighted by Gasteiger charge is 2.32. The third kappa shape index (κ3) is 4.28. The van der Waals surface area contributed by atoms with E-state index in [1.54, 1.807) is 6.33 Å². The summed E-state index contributed by atoms with van der Waals surface area (Å²) >= 11 is 0. The fourth-order valence-corrected chi connectivity index (χ4v) is 5.00. The summed E-state index contributed by atoms with van der Waals surface area (Å²) in [6.07, 6.45) is 2.22. The Bertz CT molecular complexity index is 811. The number of nitrogens with zero attached hydrogens (tertiary/aromatic N) is 4. The summed E-state index contributed by atoms with van der Waals surface area (Å²) < 4.78 is 23.6. The summed E-state index contributed by atoms with van der Waals surface area (Å²) in [6.45, 7) is 3.50. The Morgan fingerprint density at radius 2 is 1.88 bits per heavy atom. The highest BCUT2D eigenvalue weighted by molar-refractivity contribution is 7.91. The number of hydrogen-bond acceptors (Lipinski definition) is 6. The van der Waals surface area contributed by atoms with Gasteiger partial charge in [-0.05, 0) is 18.9 Å². The summed E-state index contributed by atoms with van der Waals surface area (Å²) in [5, 5.41) is 0. The molecular weight excluding hydrogens is 336 g/mol. The monoisotopic (exact) mass is 360 g/mol. The lowest BCUT2D eigenvalue weighted by Gasteiger charge is -2.28. The number of rotatable bonds is 6. The van der Waals surface area contributed by atoms with E-state index < -0.39 is 9.84 Å². The molecule has 7 heteroatoms. The minimum atomic E-state index is -2.92. The molecular formula is C18H24N4O2S. The minimum Gasteiger partial charge on any atom is -0.355 e. The Balaban J connectivity index is 1.78. The van der Waals surface area contributed by atoms with Crippen LogP contribution in [0.4, 0.5) is 11.6 Å². The van der Waals surface area contributed by atoms with Crippen molar-refractivity contribution in [3.63, 3.8) is 0 Å². The number of anilines is 2. The van der Waals surface area contributed by atoms with E-state index in [9.17, 15) is 8.42 Å². The van der Waals surface area contributed by atoms with Crippen molar-refractivity contribution >= 4 is 21.5 Å². The summed E-state index contributed by atoms with van der Waals surface area (Å²) in [5.41, 5.74) is 1.21. The van der Waals surface area contributed by atoms with Crippen LogP contribution in [0.2, 0.25) is 0 Å². The minimum absolute atomic E-state index is 0.00261. The lowest BCUT2D eigenvalue weighted by Crippen LogP contribution is -2.37. The van der Waals surface area contributed by atoms with E-state index in [0.717, 1.165) is 24.7 Å². The molecule has 2 aromatic rings. The fourth-order valence-electron chi connectivity index (χ4n) is 3.27. The Labute approximate surface area is 149 Å². The van der Waals surface area contributed by atoms with Crippen molar-refractivity contribution in [1.82, 2.24) is 9.97 Å². The maximum Gasteiger partial charge on any atom is 0.152 e. The van der Waals surface area contributed by atoms with E-state index in [4.69, 9.17) is 0 Å². The first kappa shape index (κ1) is 17.7. The highest BCUT2D eigenvalue weighted by Crippen LogP contribution is 2.25. The molecule has 1 atom stereocenters. The van der Waals surface area contributed by atoms with Crippen LogP contribution in [0, 0.1) is 0 Å². The molecule has 1 aliphatic rings. The van der Waals surface area contributed by atoms with Crippen LogP contribution < -0.4 is 9.80 Å². The first-order chi connectivity index (χ1) is 12.0. The van der Waals surface area contributed by atoms with Gasteiger partial charge in [0.05, 0.1) is 11.5 Å². The smallest absolute Gasteiger partial charge is 0.152 e. The lowest BCUT2D eigenvalue weighted by atomic mass is 10.2. The molecule has 134 valence electrons. The van der Waals surface area contributed by atoms with E-state index in [0.29, 0.717) is 6.42 Å². The first-order valence-electron chi connectivity index (χ1n) is 8.52. The van der Waals surface area contributed by atoms with E-state index >= 15 is 0 Å². The molecule has 1 aromatic carbocycles. The largest absolute Gasteiger partial charge is 0.355 e. The van der Waals surface area contributed by atoms with Crippen LogP contribution in [0.15, 0.2) is 42.7 Å². The van der Waals surface area contributed by atoms with Gasteiger partial charge in [0.2, 0.25) is 0 Å². The van der Waals surface area contributed by atoms with Crippen molar-refractivity contribution in [2.24, 2.45) is 0 Å². The van der Waals surface area contributed by atoms with E-state index in [2.05, 4.69) is 31.9 Å². The summed E-state index contributed by atoms with van der Waals surface area (Å²) in [5.74, 6) is 2.09. The van der Waals surface area contributed by atoms with E-state index in [1.807, 2.05) is 38.2 Å². The average molecular weight is 360 g/mol. The van der Waals surface area contributed by atoms with Crippen LogP contribution in [0.1, 0.15) is 18.9 Å². The van der Waals surface area contributed by atoms with Crippen molar-refractivity contribution in [3.05, 3.63) is 48.3 Å². The molecule has 6 nitrogen and oxygen atoms in total. The van der Waals surface area contributed by atoms with Gasteiger partial charge in [-0.2, -0.15) is 0 Å². The summed E-state index contributed by atoms with van der Waals surface area (Å²) in [6, 6.07) is 12.2. The van der Waals surface area contributed by atoms with Crippen LogP contribution in [-0.4, -0.2) is 49.5 Å². The van der Waals surface area contributed by atoms with Crippen LogP contribution in [0.5, 0.6) is 0 Å². The molecule has 0 spiro atoms. The molecule has 0 saturated carbocycles. The zero-order valence-corrected chi connectivity index (χ0v) is 15.5. The molecule has 0 amide bonds. The summed E-state index contributed by atoms with van der Waals surface area (Å²) in [4.78, 5) is 12.9. The SMILES string of the molecule is CCN(c1cc(N(C)Cc2ccccc2)ncn1)C1CCS(=O)(=O)C1. The van der Waals surface area contributed by atoms with Gasteiger partial charge < -0.3 is 9.80 Å². The van der Waals surface area contributed by atoms with Gasteiger partial charge in [0.15, 0.2) is 9.84 Å². The maximum atomic E-state index is 11.8. The Morgan fingerprint density at radius 3 is 2.52 bits per heavy atom. The van der Waals surface area contributed by atoms with Gasteiger partial charge in [0.25, 0.3) is 0 Å². The molecule has 3 rings (SSSR count). The molecule has 1 saturated heterocycles. The molecule has 1 unspecified atom stereocenters. The lowest BCUT2D eigenvalue weighted by molar-refractivity contribution is 0.599. The van der Waals surface area contributed by atoms with Crippen LogP contribution >= 0.6 is 0 Å². The zero-order chi connectivity index (χ0) is 17.9. The van der Waals surface area contributed by atoms with Crippen molar-refractivity contribution < 1.29 is 8.42 Å². The molecule has 1 fully saturated rings. The second kappa shape index (κ2) is 7.39. The second-order valence-electron chi connectivity index (χ2n) is 6.42. The molecule has 0 radical (unpaired) electrons. The molecule has 25 heavy (non-hydrogen) atoms. The third-order valence-corrected chi connectivity index (χ3v) is 6.33. The Hall–Kier alpha value is -2.15. The highest BCUT2D eigenvalue weighted by atomic mass is 32.2. The van der Waals surface area contributed by atoms with Crippen molar-refractivity contribution in [3.8, 4) is 0 Å².